The molecule has 1 saturated heterocycles. The van der Waals surface area contributed by atoms with Crippen LogP contribution in [-0.2, 0) is 5.54 Å². The minimum atomic E-state index is -0.119. The van der Waals surface area contributed by atoms with E-state index in [4.69, 9.17) is 11.6 Å². The molecule has 2 aromatic rings. The van der Waals surface area contributed by atoms with Gasteiger partial charge in [0.15, 0.2) is 5.82 Å². The first-order valence-corrected chi connectivity index (χ1v) is 9.73. The zero-order chi connectivity index (χ0) is 18.9. The predicted octanol–water partition coefficient (Wildman–Crippen LogP) is 3.66. The van der Waals surface area contributed by atoms with Gasteiger partial charge in [0.25, 0.3) is 0 Å². The molecule has 1 atom stereocenters. The minimum Gasteiger partial charge on any atom is -0.369 e. The van der Waals surface area contributed by atoms with Crippen molar-refractivity contribution in [3.63, 3.8) is 0 Å². The third kappa shape index (κ3) is 3.86. The normalized spacial score (nSPS) is 17.5. The lowest BCUT2D eigenvalue weighted by atomic mass is 10.1. The Labute approximate surface area is 161 Å². The Kier molecular flexibility index (Phi) is 5.53. The largest absolute Gasteiger partial charge is 0.369 e. The molecule has 1 aliphatic rings. The number of aromatic nitrogens is 4. The molecule has 0 N–H and O–H groups in total. The molecule has 1 fully saturated rings. The smallest absolute Gasteiger partial charge is 0.168 e. The average molecular weight is 377 g/mol. The quantitative estimate of drug-likeness (QED) is 0.814. The fourth-order valence-electron chi connectivity index (χ4n) is 3.68. The molecule has 2 heterocycles. The van der Waals surface area contributed by atoms with Crippen molar-refractivity contribution >= 4 is 17.3 Å². The summed E-state index contributed by atoms with van der Waals surface area (Å²) in [5.74, 6) is 0.965. The van der Waals surface area contributed by atoms with E-state index in [2.05, 4.69) is 72.1 Å². The maximum atomic E-state index is 6.20. The van der Waals surface area contributed by atoms with Gasteiger partial charge >= 0.3 is 0 Å². The first-order chi connectivity index (χ1) is 12.3. The highest BCUT2D eigenvalue weighted by Crippen LogP contribution is 2.29. The molecule has 0 saturated carbocycles. The van der Waals surface area contributed by atoms with Crippen LogP contribution in [0.4, 0.5) is 5.69 Å². The van der Waals surface area contributed by atoms with Gasteiger partial charge in [-0.2, -0.15) is 0 Å². The number of tetrazole rings is 1. The third-order valence-electron chi connectivity index (χ3n) is 5.08. The second kappa shape index (κ2) is 7.53. The van der Waals surface area contributed by atoms with Crippen molar-refractivity contribution in [1.29, 1.82) is 0 Å². The van der Waals surface area contributed by atoms with Crippen molar-refractivity contribution in [3.05, 3.63) is 34.6 Å². The molecule has 0 spiro atoms. The highest BCUT2D eigenvalue weighted by atomic mass is 35.5. The number of benzene rings is 1. The van der Waals surface area contributed by atoms with Crippen molar-refractivity contribution in [2.45, 2.75) is 52.6 Å². The number of halogens is 1. The van der Waals surface area contributed by atoms with Crippen LogP contribution >= 0.6 is 11.6 Å². The van der Waals surface area contributed by atoms with Crippen LogP contribution in [0.5, 0.6) is 0 Å². The molecule has 26 heavy (non-hydrogen) atoms. The Morgan fingerprint density at radius 3 is 2.46 bits per heavy atom. The van der Waals surface area contributed by atoms with E-state index in [9.17, 15) is 0 Å². The van der Waals surface area contributed by atoms with Crippen LogP contribution in [0.25, 0.3) is 0 Å². The third-order valence-corrected chi connectivity index (χ3v) is 5.32. The van der Waals surface area contributed by atoms with E-state index in [1.54, 1.807) is 0 Å². The summed E-state index contributed by atoms with van der Waals surface area (Å²) in [6, 6.07) is 6.36. The Hall–Kier alpha value is -1.66. The molecule has 0 amide bonds. The fraction of sp³-hybridized carbons (Fsp3) is 0.632. The molecule has 0 bridgehead atoms. The molecular weight excluding hydrogens is 348 g/mol. The molecule has 0 unspecified atom stereocenters. The van der Waals surface area contributed by atoms with Gasteiger partial charge in [-0.15, -0.1) is 5.10 Å². The van der Waals surface area contributed by atoms with Gasteiger partial charge in [0.2, 0.25) is 0 Å². The summed E-state index contributed by atoms with van der Waals surface area (Å²) >= 11 is 6.20. The molecular formula is C19H29ClN6. The van der Waals surface area contributed by atoms with Gasteiger partial charge in [-0.05, 0) is 62.2 Å². The zero-order valence-corrected chi connectivity index (χ0v) is 17.2. The monoisotopic (exact) mass is 376 g/mol. The van der Waals surface area contributed by atoms with Crippen molar-refractivity contribution in [2.75, 3.05) is 31.1 Å². The van der Waals surface area contributed by atoms with Crippen LogP contribution in [-0.4, -0.2) is 51.3 Å². The van der Waals surface area contributed by atoms with E-state index in [0.29, 0.717) is 0 Å². The standard InChI is InChI=1S/C19H29ClN6/c1-6-16(18-21-22-23-26(18)19(3,4)5)24-9-11-25(12-10-24)17-13-15(20)8-7-14(17)2/h7-8,13,16H,6,9-12H2,1-5H3/t16-/m1/s1. The van der Waals surface area contributed by atoms with Gasteiger partial charge in [-0.3, -0.25) is 4.90 Å². The Morgan fingerprint density at radius 1 is 1.15 bits per heavy atom. The second-order valence-electron chi connectivity index (χ2n) is 8.00. The van der Waals surface area contributed by atoms with Gasteiger partial charge in [-0.1, -0.05) is 24.6 Å². The molecule has 3 rings (SSSR count). The Bertz CT molecular complexity index is 743. The lowest BCUT2D eigenvalue weighted by Crippen LogP contribution is -2.48. The highest BCUT2D eigenvalue weighted by molar-refractivity contribution is 6.30. The van der Waals surface area contributed by atoms with E-state index >= 15 is 0 Å². The molecule has 0 aliphatic carbocycles. The van der Waals surface area contributed by atoms with Crippen LogP contribution in [0.15, 0.2) is 18.2 Å². The molecule has 0 radical (unpaired) electrons. The van der Waals surface area contributed by atoms with Crippen molar-refractivity contribution in [2.24, 2.45) is 0 Å². The van der Waals surface area contributed by atoms with Gasteiger partial charge in [0.1, 0.15) is 0 Å². The van der Waals surface area contributed by atoms with Crippen LogP contribution in [0.1, 0.15) is 51.5 Å². The maximum absolute atomic E-state index is 6.20. The molecule has 142 valence electrons. The summed E-state index contributed by atoms with van der Waals surface area (Å²) in [5, 5.41) is 13.3. The van der Waals surface area contributed by atoms with Crippen LogP contribution < -0.4 is 4.90 Å². The Balaban J connectivity index is 1.74. The van der Waals surface area contributed by atoms with Gasteiger partial charge in [-0.25, -0.2) is 4.68 Å². The zero-order valence-electron chi connectivity index (χ0n) is 16.4. The minimum absolute atomic E-state index is 0.119. The van der Waals surface area contributed by atoms with E-state index in [0.717, 1.165) is 43.4 Å². The highest BCUT2D eigenvalue weighted by Gasteiger charge is 2.31. The van der Waals surface area contributed by atoms with E-state index in [1.807, 2.05) is 10.7 Å². The number of piperazine rings is 1. The van der Waals surface area contributed by atoms with E-state index in [-0.39, 0.29) is 11.6 Å². The van der Waals surface area contributed by atoms with Crippen LogP contribution in [0.3, 0.4) is 0 Å². The topological polar surface area (TPSA) is 50.1 Å². The maximum Gasteiger partial charge on any atom is 0.168 e. The number of aryl methyl sites for hydroxylation is 1. The fourth-order valence-corrected chi connectivity index (χ4v) is 3.85. The lowest BCUT2D eigenvalue weighted by Gasteiger charge is -2.40. The van der Waals surface area contributed by atoms with E-state index in [1.165, 1.54) is 11.3 Å². The Morgan fingerprint density at radius 2 is 1.85 bits per heavy atom. The first-order valence-electron chi connectivity index (χ1n) is 9.35. The number of hydrogen-bond donors (Lipinski definition) is 0. The lowest BCUT2D eigenvalue weighted by molar-refractivity contribution is 0.161. The van der Waals surface area contributed by atoms with Crippen molar-refractivity contribution in [3.8, 4) is 0 Å². The predicted molar refractivity (Wildman–Crippen MR) is 106 cm³/mol. The van der Waals surface area contributed by atoms with Gasteiger partial charge < -0.3 is 4.90 Å². The van der Waals surface area contributed by atoms with Gasteiger partial charge in [0, 0.05) is 36.9 Å². The molecule has 1 aromatic carbocycles. The number of nitrogens with zero attached hydrogens (tertiary/aromatic N) is 6. The van der Waals surface area contributed by atoms with Crippen LogP contribution in [0, 0.1) is 6.92 Å². The van der Waals surface area contributed by atoms with Crippen LogP contribution in [0.2, 0.25) is 5.02 Å². The summed E-state index contributed by atoms with van der Waals surface area (Å²) in [6.45, 7) is 14.7. The summed E-state index contributed by atoms with van der Waals surface area (Å²) in [4.78, 5) is 4.93. The van der Waals surface area contributed by atoms with Crippen molar-refractivity contribution in [1.82, 2.24) is 25.1 Å². The molecule has 6 nitrogen and oxygen atoms in total. The summed E-state index contributed by atoms with van der Waals surface area (Å²) in [6.07, 6.45) is 0.993. The summed E-state index contributed by atoms with van der Waals surface area (Å²) in [5.41, 5.74) is 2.39. The van der Waals surface area contributed by atoms with E-state index < -0.39 is 0 Å². The first kappa shape index (κ1) is 19.1. The molecule has 1 aliphatic heterocycles. The molecule has 1 aromatic heterocycles. The molecule has 7 heteroatoms. The summed E-state index contributed by atoms with van der Waals surface area (Å²) < 4.78 is 1.97. The SMILES string of the molecule is CC[C@H](c1nnnn1C(C)(C)C)N1CCN(c2cc(Cl)ccc2C)CC1. The van der Waals surface area contributed by atoms with Crippen molar-refractivity contribution < 1.29 is 0 Å². The number of rotatable bonds is 4. The van der Waals surface area contributed by atoms with Gasteiger partial charge in [0.05, 0.1) is 11.6 Å². The number of anilines is 1. The average Bonchev–Trinajstić information content (AvgIpc) is 3.08. The number of hydrogen-bond acceptors (Lipinski definition) is 5. The summed E-state index contributed by atoms with van der Waals surface area (Å²) in [7, 11) is 0. The second-order valence-corrected chi connectivity index (χ2v) is 8.43.